The van der Waals surface area contributed by atoms with Gasteiger partial charge in [-0.15, -0.1) is 0 Å². The molecule has 0 radical (unpaired) electrons. The van der Waals surface area contributed by atoms with Crippen molar-refractivity contribution in [1.29, 1.82) is 0 Å². The Labute approximate surface area is 138 Å². The van der Waals surface area contributed by atoms with Crippen molar-refractivity contribution in [2.45, 2.75) is 70.7 Å². The summed E-state index contributed by atoms with van der Waals surface area (Å²) in [6.45, 7) is 6.99. The maximum Gasteiger partial charge on any atom is 0.412 e. The van der Waals surface area contributed by atoms with Crippen LogP contribution in [0.1, 0.15) is 52.4 Å². The molecule has 1 spiro atoms. The number of ether oxygens (including phenoxy) is 5. The summed E-state index contributed by atoms with van der Waals surface area (Å²) in [5.41, 5.74) is 0.109. The van der Waals surface area contributed by atoms with Crippen molar-refractivity contribution in [2.75, 3.05) is 26.4 Å². The molecule has 4 aliphatic rings. The third-order valence-electron chi connectivity index (χ3n) is 6.38. The molecule has 23 heavy (non-hydrogen) atoms. The normalized spacial score (nSPS) is 39.1. The Balaban J connectivity index is 1.24. The van der Waals surface area contributed by atoms with Crippen molar-refractivity contribution in [3.8, 4) is 0 Å². The van der Waals surface area contributed by atoms with Gasteiger partial charge in [-0.05, 0) is 44.4 Å². The monoisotopic (exact) mass is 326 g/mol. The molecule has 5 nitrogen and oxygen atoms in total. The maximum atomic E-state index is 5.88. The van der Waals surface area contributed by atoms with E-state index in [-0.39, 0.29) is 5.41 Å². The fourth-order valence-corrected chi connectivity index (χ4v) is 4.23. The van der Waals surface area contributed by atoms with Gasteiger partial charge in [-0.2, -0.15) is 0 Å². The molecule has 0 N–H and O–H groups in total. The average molecular weight is 326 g/mol. The van der Waals surface area contributed by atoms with E-state index in [2.05, 4.69) is 13.8 Å². The fourth-order valence-electron chi connectivity index (χ4n) is 4.23. The van der Waals surface area contributed by atoms with Crippen LogP contribution in [-0.2, 0) is 23.7 Å². The van der Waals surface area contributed by atoms with Crippen LogP contribution >= 0.6 is 0 Å². The van der Waals surface area contributed by atoms with Crippen LogP contribution < -0.4 is 0 Å². The summed E-state index contributed by atoms with van der Waals surface area (Å²) in [6, 6.07) is 0. The minimum absolute atomic E-state index is 0.109. The van der Waals surface area contributed by atoms with E-state index in [1.165, 1.54) is 19.3 Å². The van der Waals surface area contributed by atoms with E-state index in [1.54, 1.807) is 0 Å². The molecule has 5 heteroatoms. The van der Waals surface area contributed by atoms with Crippen LogP contribution in [-0.4, -0.2) is 44.8 Å². The van der Waals surface area contributed by atoms with Gasteiger partial charge in [0.1, 0.15) is 0 Å². The Kier molecular flexibility index (Phi) is 4.43. The number of epoxide rings is 1. The van der Waals surface area contributed by atoms with Gasteiger partial charge in [-0.3, -0.25) is 0 Å². The maximum absolute atomic E-state index is 5.88. The smallest absolute Gasteiger partial charge is 0.370 e. The number of hydrogen-bond donors (Lipinski definition) is 0. The molecule has 3 unspecified atom stereocenters. The van der Waals surface area contributed by atoms with E-state index in [0.29, 0.717) is 44.6 Å². The van der Waals surface area contributed by atoms with Gasteiger partial charge in [0.05, 0.1) is 38.6 Å². The second-order valence-electron chi connectivity index (χ2n) is 7.90. The Morgan fingerprint density at radius 2 is 1.52 bits per heavy atom. The van der Waals surface area contributed by atoms with Crippen molar-refractivity contribution in [1.82, 2.24) is 0 Å². The van der Waals surface area contributed by atoms with Gasteiger partial charge in [-0.1, -0.05) is 13.8 Å². The Morgan fingerprint density at radius 1 is 0.826 bits per heavy atom. The zero-order chi connectivity index (χ0) is 15.9. The van der Waals surface area contributed by atoms with Gasteiger partial charge in [0.2, 0.25) is 0 Å². The average Bonchev–Trinajstić information content (AvgIpc) is 3.37. The summed E-state index contributed by atoms with van der Waals surface area (Å²) < 4.78 is 29.1. The van der Waals surface area contributed by atoms with Crippen molar-refractivity contribution in [2.24, 2.45) is 17.3 Å². The lowest BCUT2D eigenvalue weighted by Crippen LogP contribution is -2.56. The van der Waals surface area contributed by atoms with Crippen LogP contribution in [0.15, 0.2) is 0 Å². The molecule has 0 aromatic carbocycles. The van der Waals surface area contributed by atoms with Crippen LogP contribution in [0.3, 0.4) is 0 Å². The van der Waals surface area contributed by atoms with Crippen molar-refractivity contribution in [3.63, 3.8) is 0 Å². The molecule has 3 heterocycles. The lowest BCUT2D eigenvalue weighted by Gasteiger charge is -2.46. The molecule has 0 bridgehead atoms. The second kappa shape index (κ2) is 6.26. The minimum atomic E-state index is -1.23. The van der Waals surface area contributed by atoms with Crippen LogP contribution in [0.2, 0.25) is 0 Å². The predicted molar refractivity (Wildman–Crippen MR) is 83.7 cm³/mol. The van der Waals surface area contributed by atoms with Gasteiger partial charge < -0.3 is 23.7 Å². The predicted octanol–water partition coefficient (Wildman–Crippen LogP) is 3.07. The van der Waals surface area contributed by atoms with Gasteiger partial charge >= 0.3 is 6.16 Å². The highest BCUT2D eigenvalue weighted by molar-refractivity contribution is 4.92. The highest BCUT2D eigenvalue weighted by Crippen LogP contribution is 2.43. The Hall–Kier alpha value is -0.200. The molecule has 132 valence electrons. The molecular weight excluding hydrogens is 296 g/mol. The fraction of sp³-hybridized carbons (Fsp3) is 1.00. The quantitative estimate of drug-likeness (QED) is 0.743. The Morgan fingerprint density at radius 3 is 2.13 bits per heavy atom. The zero-order valence-corrected chi connectivity index (χ0v) is 14.4. The summed E-state index contributed by atoms with van der Waals surface area (Å²) in [6.07, 6.45) is 6.89. The van der Waals surface area contributed by atoms with Crippen LogP contribution in [0.4, 0.5) is 0 Å². The topological polar surface area (TPSA) is 49.5 Å². The van der Waals surface area contributed by atoms with E-state index in [0.717, 1.165) is 25.2 Å². The molecule has 3 atom stereocenters. The molecule has 4 fully saturated rings. The van der Waals surface area contributed by atoms with Gasteiger partial charge in [-0.25, -0.2) is 0 Å². The number of fused-ring (bicyclic) bond motifs is 1. The van der Waals surface area contributed by atoms with E-state index >= 15 is 0 Å². The standard InChI is InChI=1S/C18H30O5/c1-3-17(4-2)11-21-18(22-12-17)19-9-14(10-20-18)7-13-5-6-15-16(8-13)23-15/h13-16H,3-12H2,1-2H3. The first-order valence-corrected chi connectivity index (χ1v) is 9.37. The highest BCUT2D eigenvalue weighted by Gasteiger charge is 2.49. The summed E-state index contributed by atoms with van der Waals surface area (Å²) in [4.78, 5) is 0. The molecule has 0 aromatic rings. The Bertz CT molecular complexity index is 402. The van der Waals surface area contributed by atoms with Gasteiger partial charge in [0, 0.05) is 11.3 Å². The second-order valence-corrected chi connectivity index (χ2v) is 7.90. The molecule has 1 aliphatic carbocycles. The van der Waals surface area contributed by atoms with Crippen LogP contribution in [0.5, 0.6) is 0 Å². The van der Waals surface area contributed by atoms with Crippen molar-refractivity contribution < 1.29 is 23.7 Å². The van der Waals surface area contributed by atoms with Gasteiger partial charge in [0.25, 0.3) is 0 Å². The van der Waals surface area contributed by atoms with Crippen molar-refractivity contribution >= 4 is 0 Å². The third-order valence-corrected chi connectivity index (χ3v) is 6.38. The molecule has 3 aliphatic heterocycles. The number of hydrogen-bond acceptors (Lipinski definition) is 5. The van der Waals surface area contributed by atoms with E-state index in [1.807, 2.05) is 0 Å². The summed E-state index contributed by atoms with van der Waals surface area (Å²) in [7, 11) is 0. The van der Waals surface area contributed by atoms with E-state index in [4.69, 9.17) is 23.7 Å². The third kappa shape index (κ3) is 3.31. The van der Waals surface area contributed by atoms with Crippen LogP contribution in [0, 0.1) is 17.3 Å². The molecule has 0 aromatic heterocycles. The van der Waals surface area contributed by atoms with Crippen LogP contribution in [0.25, 0.3) is 0 Å². The SMILES string of the molecule is CCC1(CC)COC2(OCC(CC3CCC4OC4C3)CO2)OC1. The van der Waals surface area contributed by atoms with Crippen molar-refractivity contribution in [3.05, 3.63) is 0 Å². The summed E-state index contributed by atoms with van der Waals surface area (Å²) >= 11 is 0. The minimum Gasteiger partial charge on any atom is -0.370 e. The molecule has 1 saturated carbocycles. The molecule has 3 saturated heterocycles. The lowest BCUT2D eigenvalue weighted by atomic mass is 9.83. The zero-order valence-electron chi connectivity index (χ0n) is 14.4. The van der Waals surface area contributed by atoms with E-state index < -0.39 is 6.16 Å². The molecular formula is C18H30O5. The lowest BCUT2D eigenvalue weighted by molar-refractivity contribution is -0.541. The largest absolute Gasteiger partial charge is 0.412 e. The van der Waals surface area contributed by atoms with Gasteiger partial charge in [0.15, 0.2) is 0 Å². The van der Waals surface area contributed by atoms with E-state index in [9.17, 15) is 0 Å². The first kappa shape index (κ1) is 16.3. The molecule has 0 amide bonds. The number of rotatable bonds is 4. The summed E-state index contributed by atoms with van der Waals surface area (Å²) in [5, 5.41) is 0. The first-order valence-electron chi connectivity index (χ1n) is 9.37. The first-order chi connectivity index (χ1) is 11.2. The molecule has 4 rings (SSSR count). The summed E-state index contributed by atoms with van der Waals surface area (Å²) in [5.74, 6) is 1.20. The highest BCUT2D eigenvalue weighted by atomic mass is 17.0.